The molecule has 1 N–H and O–H groups in total. The molecular weight excluding hydrogens is 434 g/mol. The number of aromatic amines is 1. The predicted molar refractivity (Wildman–Crippen MR) is 126 cm³/mol. The molecule has 0 aliphatic carbocycles. The maximum Gasteiger partial charge on any atom is 0.296 e. The lowest BCUT2D eigenvalue weighted by Gasteiger charge is -2.58. The Morgan fingerprint density at radius 3 is 2.53 bits per heavy atom. The second-order valence-electron chi connectivity index (χ2n) is 9.12. The second kappa shape index (κ2) is 7.07. The molecule has 0 radical (unpaired) electrons. The summed E-state index contributed by atoms with van der Waals surface area (Å²) in [7, 11) is 4.68. The molecule has 1 fully saturated rings. The number of ether oxygens (including phenoxy) is 1. The van der Waals surface area contributed by atoms with E-state index in [1.807, 2.05) is 50.3 Å². The number of amides is 2. The van der Waals surface area contributed by atoms with Crippen LogP contribution < -0.4 is 5.06 Å². The number of hydrogen-bond acceptors (Lipinski definition) is 6. The number of allylic oxidation sites excluding steroid dienone is 1. The second-order valence-corrected chi connectivity index (χ2v) is 9.12. The van der Waals surface area contributed by atoms with E-state index in [1.54, 1.807) is 29.3 Å². The molecule has 9 heteroatoms. The summed E-state index contributed by atoms with van der Waals surface area (Å²) in [4.78, 5) is 43.9. The molecular formula is C25H27N5O4. The highest BCUT2D eigenvalue weighted by atomic mass is 16.7. The van der Waals surface area contributed by atoms with Crippen molar-refractivity contribution in [1.29, 1.82) is 0 Å². The number of carbonyl (C=O) groups excluding carboxylic acids is 2. The van der Waals surface area contributed by atoms with Gasteiger partial charge in [0.15, 0.2) is 5.76 Å². The standard InChI is InChI=1S/C25H27N5O4/c1-7-23(2,3)24-13-20(33-5)22(32)29-19(12-16-14-26-15-27-16)21(31)28(4)25(24,29)30(34-6)18-11-9-8-10-17(18)24/h7-15H,1H2,2-6H3,(H,26,27)/b19-12+/t24-,25-/m1/s1. The lowest BCUT2D eigenvalue weighted by Crippen LogP contribution is -2.76. The molecule has 2 atom stereocenters. The summed E-state index contributed by atoms with van der Waals surface area (Å²) >= 11 is 0. The van der Waals surface area contributed by atoms with Crippen LogP contribution in [0.1, 0.15) is 25.1 Å². The fourth-order valence-electron chi connectivity index (χ4n) is 5.80. The van der Waals surface area contributed by atoms with Gasteiger partial charge in [-0.1, -0.05) is 38.1 Å². The number of aromatic nitrogens is 2. The number of para-hydroxylation sites is 1. The number of methoxy groups -OCH3 is 1. The first-order valence-electron chi connectivity index (χ1n) is 10.9. The third-order valence-corrected chi connectivity index (χ3v) is 7.41. The summed E-state index contributed by atoms with van der Waals surface area (Å²) < 4.78 is 5.62. The first kappa shape index (κ1) is 22.0. The van der Waals surface area contributed by atoms with Crippen molar-refractivity contribution in [3.8, 4) is 0 Å². The van der Waals surface area contributed by atoms with Crippen LogP contribution in [0.3, 0.4) is 0 Å². The van der Waals surface area contributed by atoms with Gasteiger partial charge < -0.3 is 9.72 Å². The van der Waals surface area contributed by atoms with Gasteiger partial charge >= 0.3 is 0 Å². The number of carbonyl (C=O) groups is 2. The Labute approximate surface area is 197 Å². The highest BCUT2D eigenvalue weighted by Crippen LogP contribution is 2.67. The number of fused-ring (bicyclic) bond motifs is 2. The molecule has 1 aromatic heterocycles. The molecule has 1 saturated heterocycles. The Balaban J connectivity index is 1.97. The van der Waals surface area contributed by atoms with Crippen LogP contribution in [0.5, 0.6) is 0 Å². The third-order valence-electron chi connectivity index (χ3n) is 7.41. The van der Waals surface area contributed by atoms with Crippen LogP contribution in [0.4, 0.5) is 5.69 Å². The van der Waals surface area contributed by atoms with Gasteiger partial charge in [0.05, 0.1) is 43.5 Å². The largest absolute Gasteiger partial charge is 0.491 e. The SMILES string of the molecule is C=CC(C)(C)[C@]12C=C(OC)C(=O)N3/C(=C/c4cnc[nH]4)C(=O)N(C)[C@@]31N(OC)c1ccccc12. The number of rotatable bonds is 5. The number of benzene rings is 1. The quantitative estimate of drug-likeness (QED) is 0.544. The van der Waals surface area contributed by atoms with Crippen molar-refractivity contribution < 1.29 is 19.2 Å². The smallest absolute Gasteiger partial charge is 0.296 e. The minimum Gasteiger partial charge on any atom is -0.491 e. The molecule has 0 saturated carbocycles. The van der Waals surface area contributed by atoms with Crippen molar-refractivity contribution in [3.05, 3.63) is 78.2 Å². The summed E-state index contributed by atoms with van der Waals surface area (Å²) in [6.45, 7) is 8.19. The van der Waals surface area contributed by atoms with Crippen LogP contribution in [0.15, 0.2) is 67.0 Å². The molecule has 2 amide bonds. The topological polar surface area (TPSA) is 91.0 Å². The van der Waals surface area contributed by atoms with Crippen LogP contribution in [0.2, 0.25) is 0 Å². The number of anilines is 1. The van der Waals surface area contributed by atoms with E-state index in [9.17, 15) is 9.59 Å². The Hall–Kier alpha value is -3.85. The van der Waals surface area contributed by atoms with Gasteiger partial charge in [-0.15, -0.1) is 6.58 Å². The van der Waals surface area contributed by atoms with Crippen molar-refractivity contribution in [2.75, 3.05) is 26.3 Å². The van der Waals surface area contributed by atoms with E-state index >= 15 is 0 Å². The molecule has 0 unspecified atom stereocenters. The fraction of sp³-hybridized carbons (Fsp3) is 0.320. The zero-order valence-electron chi connectivity index (χ0n) is 19.8. The molecule has 9 nitrogen and oxygen atoms in total. The average molecular weight is 462 g/mol. The number of nitrogens with zero attached hydrogens (tertiary/aromatic N) is 4. The van der Waals surface area contributed by atoms with E-state index in [0.29, 0.717) is 5.69 Å². The molecule has 1 spiro atoms. The Bertz CT molecular complexity index is 1260. The van der Waals surface area contributed by atoms with Crippen molar-refractivity contribution in [1.82, 2.24) is 19.8 Å². The van der Waals surface area contributed by atoms with E-state index in [1.165, 1.54) is 25.4 Å². The van der Waals surface area contributed by atoms with Crippen molar-refractivity contribution in [2.45, 2.75) is 25.0 Å². The first-order chi connectivity index (χ1) is 16.2. The molecule has 2 aromatic rings. The summed E-state index contributed by atoms with van der Waals surface area (Å²) in [6, 6.07) is 7.75. The van der Waals surface area contributed by atoms with E-state index in [0.717, 1.165) is 11.3 Å². The predicted octanol–water partition coefficient (Wildman–Crippen LogP) is 2.78. The van der Waals surface area contributed by atoms with Crippen molar-refractivity contribution >= 4 is 23.6 Å². The van der Waals surface area contributed by atoms with Crippen LogP contribution in [0.25, 0.3) is 6.08 Å². The number of hydrogen-bond donors (Lipinski definition) is 1. The molecule has 176 valence electrons. The Morgan fingerprint density at radius 2 is 1.91 bits per heavy atom. The first-order valence-corrected chi connectivity index (χ1v) is 10.9. The highest BCUT2D eigenvalue weighted by Gasteiger charge is 2.79. The average Bonchev–Trinajstić information content (AvgIpc) is 3.50. The lowest BCUT2D eigenvalue weighted by atomic mass is 9.57. The van der Waals surface area contributed by atoms with E-state index in [2.05, 4.69) is 16.5 Å². The minimum atomic E-state index is -1.40. The normalized spacial score (nSPS) is 27.0. The van der Waals surface area contributed by atoms with Crippen molar-refractivity contribution in [3.63, 3.8) is 0 Å². The fourth-order valence-corrected chi connectivity index (χ4v) is 5.80. The van der Waals surface area contributed by atoms with Gasteiger partial charge in [0.2, 0.25) is 5.79 Å². The van der Waals surface area contributed by atoms with E-state index in [4.69, 9.17) is 9.57 Å². The van der Waals surface area contributed by atoms with Gasteiger partial charge in [-0.3, -0.25) is 24.2 Å². The molecule has 34 heavy (non-hydrogen) atoms. The molecule has 3 aliphatic rings. The third kappa shape index (κ3) is 2.24. The summed E-state index contributed by atoms with van der Waals surface area (Å²) in [6.07, 6.45) is 8.40. The lowest BCUT2D eigenvalue weighted by molar-refractivity contribution is -0.161. The summed E-state index contributed by atoms with van der Waals surface area (Å²) in [5.41, 5.74) is 0.727. The Kier molecular flexibility index (Phi) is 4.57. The zero-order chi connectivity index (χ0) is 24.5. The molecule has 0 bridgehead atoms. The monoisotopic (exact) mass is 461 g/mol. The Morgan fingerprint density at radius 1 is 1.18 bits per heavy atom. The molecule has 4 heterocycles. The molecule has 1 aromatic carbocycles. The number of imidazole rings is 1. The van der Waals surface area contributed by atoms with Crippen molar-refractivity contribution in [2.24, 2.45) is 5.41 Å². The summed E-state index contributed by atoms with van der Waals surface area (Å²) in [5, 5.41) is 1.65. The summed E-state index contributed by atoms with van der Waals surface area (Å²) in [5.74, 6) is -2.05. The van der Waals surface area contributed by atoms with Gasteiger partial charge in [0.25, 0.3) is 11.8 Å². The van der Waals surface area contributed by atoms with Gasteiger partial charge in [-0.05, 0) is 23.8 Å². The highest BCUT2D eigenvalue weighted by molar-refractivity contribution is 6.10. The molecule has 3 aliphatic heterocycles. The van der Waals surface area contributed by atoms with Gasteiger partial charge in [-0.2, -0.15) is 0 Å². The number of hydroxylamine groups is 1. The van der Waals surface area contributed by atoms with Crippen LogP contribution in [-0.2, 0) is 24.6 Å². The zero-order valence-corrected chi connectivity index (χ0v) is 19.8. The number of likely N-dealkylation sites (N-methyl/N-ethyl adjacent to an activating group) is 1. The number of nitrogens with one attached hydrogen (secondary N) is 1. The van der Waals surface area contributed by atoms with Crippen LogP contribution >= 0.6 is 0 Å². The number of H-pyrrole nitrogens is 1. The van der Waals surface area contributed by atoms with E-state index < -0.39 is 22.5 Å². The minimum absolute atomic E-state index is 0.136. The van der Waals surface area contributed by atoms with E-state index in [-0.39, 0.29) is 17.4 Å². The van der Waals surface area contributed by atoms with Gasteiger partial charge in [0, 0.05) is 12.5 Å². The van der Waals surface area contributed by atoms with Crippen LogP contribution in [0, 0.1) is 5.41 Å². The maximum atomic E-state index is 14.0. The maximum absolute atomic E-state index is 14.0. The van der Waals surface area contributed by atoms with Crippen LogP contribution in [-0.4, -0.2) is 58.6 Å². The molecule has 5 rings (SSSR count). The van der Waals surface area contributed by atoms with Gasteiger partial charge in [-0.25, -0.2) is 10.0 Å². The van der Waals surface area contributed by atoms with Gasteiger partial charge in [0.1, 0.15) is 5.70 Å².